The van der Waals surface area contributed by atoms with Crippen molar-refractivity contribution in [3.8, 4) is 0 Å². The van der Waals surface area contributed by atoms with Crippen LogP contribution >= 0.6 is 0 Å². The molecule has 3 aromatic carbocycles. The molecule has 160 valence electrons. The van der Waals surface area contributed by atoms with E-state index in [9.17, 15) is 14.4 Å². The van der Waals surface area contributed by atoms with E-state index >= 15 is 0 Å². The molecule has 0 aliphatic carbocycles. The molecule has 0 fully saturated rings. The normalized spacial score (nSPS) is 11.7. The Morgan fingerprint density at radius 1 is 0.875 bits per heavy atom. The summed E-state index contributed by atoms with van der Waals surface area (Å²) in [7, 11) is 0. The Morgan fingerprint density at radius 2 is 1.47 bits per heavy atom. The van der Waals surface area contributed by atoms with Crippen LogP contribution in [-0.2, 0) is 16.1 Å². The summed E-state index contributed by atoms with van der Waals surface area (Å²) in [6.45, 7) is 1.49. The summed E-state index contributed by atoms with van der Waals surface area (Å²) in [6, 6.07) is 24.2. The minimum Gasteiger partial charge on any atom is -0.339 e. The number of hydrogen-bond donors (Lipinski definition) is 2. The van der Waals surface area contributed by atoms with Gasteiger partial charge in [0.05, 0.1) is 11.1 Å². The Labute approximate surface area is 184 Å². The molecule has 32 heavy (non-hydrogen) atoms. The van der Waals surface area contributed by atoms with Crippen LogP contribution in [0.3, 0.4) is 0 Å². The number of para-hydroxylation sites is 1. The quantitative estimate of drug-likeness (QED) is 0.495. The second kappa shape index (κ2) is 9.26. The molecular weight excluding hydrogens is 404 g/mol. The van der Waals surface area contributed by atoms with Gasteiger partial charge in [0.1, 0.15) is 12.6 Å². The maximum Gasteiger partial charge on any atom is 0.275 e. The average Bonchev–Trinajstić information content (AvgIpc) is 2.82. The maximum atomic E-state index is 13.0. The first-order chi connectivity index (χ1) is 15.5. The van der Waals surface area contributed by atoms with E-state index in [1.807, 2.05) is 36.4 Å². The van der Waals surface area contributed by atoms with Crippen LogP contribution in [0.4, 0.5) is 5.69 Å². The molecule has 4 rings (SSSR count). The Hall–Kier alpha value is -4.26. The van der Waals surface area contributed by atoms with Gasteiger partial charge in [-0.05, 0) is 30.7 Å². The molecule has 0 saturated carbocycles. The fourth-order valence-corrected chi connectivity index (χ4v) is 3.54. The second-order valence-electron chi connectivity index (χ2n) is 7.36. The van der Waals surface area contributed by atoms with Crippen molar-refractivity contribution in [2.75, 3.05) is 5.32 Å². The van der Waals surface area contributed by atoms with E-state index in [0.717, 1.165) is 10.1 Å². The Morgan fingerprint density at radius 3 is 2.16 bits per heavy atom. The van der Waals surface area contributed by atoms with Crippen molar-refractivity contribution in [2.45, 2.75) is 19.5 Å². The number of benzene rings is 3. The summed E-state index contributed by atoms with van der Waals surface area (Å²) in [5, 5.41) is 11.1. The highest BCUT2D eigenvalue weighted by atomic mass is 16.2. The highest BCUT2D eigenvalue weighted by Gasteiger charge is 2.23. The lowest BCUT2D eigenvalue weighted by Crippen LogP contribution is -2.40. The number of amides is 2. The van der Waals surface area contributed by atoms with Crippen molar-refractivity contribution >= 4 is 28.3 Å². The summed E-state index contributed by atoms with van der Waals surface area (Å²) < 4.78 is 1.13. The van der Waals surface area contributed by atoms with Crippen LogP contribution in [0.25, 0.3) is 10.8 Å². The average molecular weight is 426 g/mol. The lowest BCUT2D eigenvalue weighted by atomic mass is 10.1. The largest absolute Gasteiger partial charge is 0.339 e. The molecule has 0 saturated heterocycles. The number of nitrogens with one attached hydrogen (secondary N) is 2. The molecule has 1 aromatic heterocycles. The number of anilines is 1. The number of rotatable bonds is 6. The first-order valence-electron chi connectivity index (χ1n) is 10.2. The molecule has 7 heteroatoms. The maximum absolute atomic E-state index is 13.0. The van der Waals surface area contributed by atoms with Gasteiger partial charge >= 0.3 is 0 Å². The second-order valence-corrected chi connectivity index (χ2v) is 7.36. The third-order valence-corrected chi connectivity index (χ3v) is 5.09. The van der Waals surface area contributed by atoms with Gasteiger partial charge in [0.15, 0.2) is 0 Å². The molecule has 0 aliphatic heterocycles. The molecular formula is C25H22N4O3. The lowest BCUT2D eigenvalue weighted by Gasteiger charge is -2.19. The van der Waals surface area contributed by atoms with E-state index in [4.69, 9.17) is 0 Å². The first kappa shape index (κ1) is 21.0. The fraction of sp³-hybridized carbons (Fsp3) is 0.120. The molecule has 4 aromatic rings. The van der Waals surface area contributed by atoms with Gasteiger partial charge in [0.2, 0.25) is 5.91 Å². The Bertz CT molecular complexity index is 1320. The van der Waals surface area contributed by atoms with Crippen LogP contribution in [0.5, 0.6) is 0 Å². The van der Waals surface area contributed by atoms with Crippen LogP contribution in [0.1, 0.15) is 17.3 Å². The van der Waals surface area contributed by atoms with Crippen LogP contribution < -0.4 is 16.2 Å². The monoisotopic (exact) mass is 426 g/mol. The molecule has 1 atom stereocenters. The van der Waals surface area contributed by atoms with Gasteiger partial charge in [-0.15, -0.1) is 0 Å². The molecule has 1 unspecified atom stereocenters. The van der Waals surface area contributed by atoms with E-state index in [1.165, 1.54) is 0 Å². The predicted octanol–water partition coefficient (Wildman–Crippen LogP) is 3.20. The van der Waals surface area contributed by atoms with Gasteiger partial charge < -0.3 is 10.6 Å². The third-order valence-electron chi connectivity index (χ3n) is 5.09. The Balaban J connectivity index is 1.58. The molecule has 0 spiro atoms. The Kier molecular flexibility index (Phi) is 6.07. The molecule has 7 nitrogen and oxygen atoms in total. The van der Waals surface area contributed by atoms with E-state index in [0.29, 0.717) is 22.3 Å². The molecule has 0 bridgehead atoms. The molecule has 0 radical (unpaired) electrons. The number of fused-ring (bicyclic) bond motifs is 1. The molecule has 2 N–H and O–H groups in total. The third kappa shape index (κ3) is 4.57. The van der Waals surface area contributed by atoms with Crippen LogP contribution in [0.15, 0.2) is 89.7 Å². The van der Waals surface area contributed by atoms with Crippen LogP contribution in [0.2, 0.25) is 0 Å². The number of aromatic nitrogens is 2. The van der Waals surface area contributed by atoms with Crippen molar-refractivity contribution in [1.82, 2.24) is 15.1 Å². The number of hydrogen-bond acceptors (Lipinski definition) is 4. The summed E-state index contributed by atoms with van der Waals surface area (Å²) in [5.74, 6) is -0.878. The number of carbonyl (C=O) groups is 2. The zero-order valence-electron chi connectivity index (χ0n) is 17.5. The zero-order valence-corrected chi connectivity index (χ0v) is 17.5. The predicted molar refractivity (Wildman–Crippen MR) is 123 cm³/mol. The topological polar surface area (TPSA) is 93.1 Å². The van der Waals surface area contributed by atoms with E-state index in [-0.39, 0.29) is 18.0 Å². The minimum absolute atomic E-state index is 0.299. The van der Waals surface area contributed by atoms with E-state index < -0.39 is 11.9 Å². The lowest BCUT2D eigenvalue weighted by molar-refractivity contribution is -0.127. The van der Waals surface area contributed by atoms with Crippen LogP contribution in [0, 0.1) is 6.92 Å². The van der Waals surface area contributed by atoms with E-state index in [1.54, 1.807) is 55.5 Å². The number of nitrogens with zero attached hydrogens (tertiary/aromatic N) is 2. The van der Waals surface area contributed by atoms with Crippen molar-refractivity contribution in [1.29, 1.82) is 0 Å². The van der Waals surface area contributed by atoms with Gasteiger partial charge in [-0.25, -0.2) is 4.68 Å². The van der Waals surface area contributed by atoms with Gasteiger partial charge in [-0.1, -0.05) is 66.7 Å². The first-order valence-corrected chi connectivity index (χ1v) is 10.2. The van der Waals surface area contributed by atoms with Gasteiger partial charge in [-0.2, -0.15) is 5.10 Å². The van der Waals surface area contributed by atoms with E-state index in [2.05, 4.69) is 15.7 Å². The fourth-order valence-electron chi connectivity index (χ4n) is 3.54. The SMILES string of the molecule is Cc1nn(CC(=O)NC(C(=O)Nc2ccccc2)c2ccccc2)c(=O)c2ccccc12. The highest BCUT2D eigenvalue weighted by molar-refractivity contribution is 5.97. The number of carbonyl (C=O) groups excluding carboxylic acids is 2. The summed E-state index contributed by atoms with van der Waals surface area (Å²) >= 11 is 0. The summed E-state index contributed by atoms with van der Waals surface area (Å²) in [6.07, 6.45) is 0. The van der Waals surface area contributed by atoms with Crippen molar-refractivity contribution in [3.63, 3.8) is 0 Å². The smallest absolute Gasteiger partial charge is 0.275 e. The standard InChI is InChI=1S/C25H22N4O3/c1-17-20-14-8-9-15-21(20)25(32)29(28-17)16-22(30)27-23(18-10-4-2-5-11-18)24(31)26-19-12-6-3-7-13-19/h2-15,23H,16H2,1H3,(H,26,31)(H,27,30). The van der Waals surface area contributed by atoms with Crippen molar-refractivity contribution < 1.29 is 9.59 Å². The minimum atomic E-state index is -0.929. The molecule has 0 aliphatic rings. The molecule has 1 heterocycles. The summed E-state index contributed by atoms with van der Waals surface area (Å²) in [4.78, 5) is 38.6. The van der Waals surface area contributed by atoms with Gasteiger partial charge in [0.25, 0.3) is 11.5 Å². The summed E-state index contributed by atoms with van der Waals surface area (Å²) in [5.41, 5.74) is 1.54. The highest BCUT2D eigenvalue weighted by Crippen LogP contribution is 2.16. The zero-order chi connectivity index (χ0) is 22.5. The van der Waals surface area contributed by atoms with Crippen LogP contribution in [-0.4, -0.2) is 21.6 Å². The number of aryl methyl sites for hydroxylation is 1. The van der Waals surface area contributed by atoms with Crippen molar-refractivity contribution in [3.05, 3.63) is 107 Å². The van der Waals surface area contributed by atoms with Gasteiger partial charge in [-0.3, -0.25) is 14.4 Å². The molecule has 2 amide bonds. The van der Waals surface area contributed by atoms with Crippen molar-refractivity contribution in [2.24, 2.45) is 0 Å². The van der Waals surface area contributed by atoms with Gasteiger partial charge in [0, 0.05) is 11.1 Å².